The average Bonchev–Trinajstić information content (AvgIpc) is 2.80. The summed E-state index contributed by atoms with van der Waals surface area (Å²) in [6.45, 7) is 2.29. The van der Waals surface area contributed by atoms with Crippen LogP contribution < -0.4 is 4.74 Å². The molecule has 0 saturated carbocycles. The van der Waals surface area contributed by atoms with Gasteiger partial charge in [-0.3, -0.25) is 0 Å². The number of ether oxygens (including phenoxy) is 1. The number of aryl methyl sites for hydroxylation is 1. The van der Waals surface area contributed by atoms with Crippen molar-refractivity contribution in [3.8, 4) is 5.75 Å². The van der Waals surface area contributed by atoms with E-state index in [0.717, 1.165) is 40.8 Å². The highest BCUT2D eigenvalue weighted by Crippen LogP contribution is 2.37. The fraction of sp³-hybridized carbons (Fsp3) is 0.294. The van der Waals surface area contributed by atoms with Gasteiger partial charge in [-0.2, -0.15) is 0 Å². The zero-order valence-corrected chi connectivity index (χ0v) is 11.4. The molecule has 0 amide bonds. The van der Waals surface area contributed by atoms with Crippen LogP contribution in [0.5, 0.6) is 5.75 Å². The molecule has 1 unspecified atom stereocenters. The molecule has 2 aromatic carbocycles. The highest BCUT2D eigenvalue weighted by atomic mass is 19.1. The highest BCUT2D eigenvalue weighted by Gasteiger charge is 2.23. The van der Waals surface area contributed by atoms with Crippen molar-refractivity contribution in [3.05, 3.63) is 64.5 Å². The molecule has 0 heterocycles. The Morgan fingerprint density at radius 1 is 1.30 bits per heavy atom. The van der Waals surface area contributed by atoms with Gasteiger partial charge in [-0.25, -0.2) is 4.39 Å². The Hall–Kier alpha value is -1.87. The van der Waals surface area contributed by atoms with Crippen molar-refractivity contribution < 1.29 is 14.2 Å². The minimum absolute atomic E-state index is 0.227. The Morgan fingerprint density at radius 2 is 2.15 bits per heavy atom. The van der Waals surface area contributed by atoms with Gasteiger partial charge in [-0.05, 0) is 54.7 Å². The van der Waals surface area contributed by atoms with E-state index in [2.05, 4.69) is 0 Å². The van der Waals surface area contributed by atoms with E-state index >= 15 is 0 Å². The van der Waals surface area contributed by atoms with Crippen LogP contribution in [0.25, 0.3) is 0 Å². The maximum absolute atomic E-state index is 13.1. The monoisotopic (exact) mass is 272 g/mol. The summed E-state index contributed by atoms with van der Waals surface area (Å²) >= 11 is 0. The van der Waals surface area contributed by atoms with Crippen LogP contribution in [0.1, 0.15) is 34.8 Å². The molecule has 0 bridgehead atoms. The van der Waals surface area contributed by atoms with E-state index in [4.69, 9.17) is 4.74 Å². The smallest absolute Gasteiger partial charge is 0.123 e. The van der Waals surface area contributed by atoms with Crippen LogP contribution in [0, 0.1) is 12.7 Å². The van der Waals surface area contributed by atoms with Gasteiger partial charge < -0.3 is 9.84 Å². The van der Waals surface area contributed by atoms with E-state index < -0.39 is 0 Å². The fourth-order valence-electron chi connectivity index (χ4n) is 2.71. The quantitative estimate of drug-likeness (QED) is 0.923. The molecule has 1 atom stereocenters. The molecule has 3 heteroatoms. The van der Waals surface area contributed by atoms with Crippen LogP contribution in [-0.2, 0) is 13.0 Å². The number of benzene rings is 2. The molecular weight excluding hydrogens is 255 g/mol. The number of rotatable bonds is 3. The lowest BCUT2D eigenvalue weighted by atomic mass is 10.1. The maximum Gasteiger partial charge on any atom is 0.123 e. The molecule has 0 radical (unpaired) electrons. The van der Waals surface area contributed by atoms with Crippen molar-refractivity contribution in [2.75, 3.05) is 0 Å². The first kappa shape index (κ1) is 13.1. The number of aliphatic hydroxyl groups is 1. The highest BCUT2D eigenvalue weighted by molar-refractivity contribution is 5.44. The van der Waals surface area contributed by atoms with Crippen LogP contribution in [0.2, 0.25) is 0 Å². The second kappa shape index (κ2) is 5.25. The molecule has 1 aliphatic carbocycles. The first-order chi connectivity index (χ1) is 9.65. The molecule has 3 rings (SSSR count). The van der Waals surface area contributed by atoms with Gasteiger partial charge in [-0.1, -0.05) is 18.2 Å². The standard InChI is InChI=1S/C17H17FO2/c1-11-9-13(18)6-5-12(11)10-20-17-4-2-3-14-15(17)7-8-16(14)19/h2-6,9,16,19H,7-8,10H2,1H3. The van der Waals surface area contributed by atoms with Crippen molar-refractivity contribution in [2.24, 2.45) is 0 Å². The van der Waals surface area contributed by atoms with Crippen molar-refractivity contribution in [3.63, 3.8) is 0 Å². The van der Waals surface area contributed by atoms with Crippen LogP contribution in [-0.4, -0.2) is 5.11 Å². The summed E-state index contributed by atoms with van der Waals surface area (Å²) in [4.78, 5) is 0. The topological polar surface area (TPSA) is 29.5 Å². The lowest BCUT2D eigenvalue weighted by Gasteiger charge is -2.12. The largest absolute Gasteiger partial charge is 0.489 e. The Morgan fingerprint density at radius 3 is 2.95 bits per heavy atom. The fourth-order valence-corrected chi connectivity index (χ4v) is 2.71. The van der Waals surface area contributed by atoms with E-state index in [1.165, 1.54) is 12.1 Å². The zero-order valence-electron chi connectivity index (χ0n) is 11.4. The number of fused-ring (bicyclic) bond motifs is 1. The summed E-state index contributed by atoms with van der Waals surface area (Å²) < 4.78 is 18.9. The summed E-state index contributed by atoms with van der Waals surface area (Å²) in [5, 5.41) is 9.87. The van der Waals surface area contributed by atoms with E-state index in [1.807, 2.05) is 25.1 Å². The van der Waals surface area contributed by atoms with Crippen LogP contribution in [0.3, 0.4) is 0 Å². The predicted octanol–water partition coefficient (Wildman–Crippen LogP) is 3.69. The molecule has 0 saturated heterocycles. The molecule has 0 aromatic heterocycles. The zero-order chi connectivity index (χ0) is 14.1. The summed E-state index contributed by atoms with van der Waals surface area (Å²) in [6, 6.07) is 10.5. The van der Waals surface area contributed by atoms with Crippen molar-refractivity contribution in [2.45, 2.75) is 32.5 Å². The Balaban J connectivity index is 1.79. The van der Waals surface area contributed by atoms with E-state index in [-0.39, 0.29) is 11.9 Å². The van der Waals surface area contributed by atoms with Crippen LogP contribution in [0.15, 0.2) is 36.4 Å². The van der Waals surface area contributed by atoms with Crippen LogP contribution >= 0.6 is 0 Å². The van der Waals surface area contributed by atoms with Gasteiger partial charge in [0, 0.05) is 5.56 Å². The van der Waals surface area contributed by atoms with E-state index in [1.54, 1.807) is 6.07 Å². The van der Waals surface area contributed by atoms with Gasteiger partial charge in [0.2, 0.25) is 0 Å². The number of hydrogen-bond donors (Lipinski definition) is 1. The van der Waals surface area contributed by atoms with Gasteiger partial charge in [0.25, 0.3) is 0 Å². The van der Waals surface area contributed by atoms with Crippen molar-refractivity contribution in [1.29, 1.82) is 0 Å². The maximum atomic E-state index is 13.1. The first-order valence-electron chi connectivity index (χ1n) is 6.83. The second-order valence-electron chi connectivity index (χ2n) is 5.24. The molecule has 1 N–H and O–H groups in total. The van der Waals surface area contributed by atoms with E-state index in [0.29, 0.717) is 6.61 Å². The molecule has 0 aliphatic heterocycles. The Bertz CT molecular complexity index is 637. The van der Waals surface area contributed by atoms with Gasteiger partial charge in [0.05, 0.1) is 6.10 Å². The molecule has 2 aromatic rings. The Kier molecular flexibility index (Phi) is 3.45. The molecule has 104 valence electrons. The summed E-state index contributed by atoms with van der Waals surface area (Å²) in [5.41, 5.74) is 3.93. The molecule has 0 spiro atoms. The van der Waals surface area contributed by atoms with Crippen molar-refractivity contribution >= 4 is 0 Å². The lowest BCUT2D eigenvalue weighted by Crippen LogP contribution is -2.01. The minimum Gasteiger partial charge on any atom is -0.489 e. The summed E-state index contributed by atoms with van der Waals surface area (Å²) in [6.07, 6.45) is 1.22. The summed E-state index contributed by atoms with van der Waals surface area (Å²) in [5.74, 6) is 0.595. The lowest BCUT2D eigenvalue weighted by molar-refractivity contribution is 0.180. The number of aliphatic hydroxyl groups excluding tert-OH is 1. The Labute approximate surface area is 117 Å². The first-order valence-corrected chi connectivity index (χ1v) is 6.83. The molecule has 2 nitrogen and oxygen atoms in total. The van der Waals surface area contributed by atoms with Gasteiger partial charge in [-0.15, -0.1) is 0 Å². The average molecular weight is 272 g/mol. The predicted molar refractivity (Wildman–Crippen MR) is 75.2 cm³/mol. The molecule has 1 aliphatic rings. The molecular formula is C17H17FO2. The summed E-state index contributed by atoms with van der Waals surface area (Å²) in [7, 11) is 0. The molecule has 0 fully saturated rings. The van der Waals surface area contributed by atoms with Gasteiger partial charge in [0.1, 0.15) is 18.2 Å². The third kappa shape index (κ3) is 2.41. The minimum atomic E-state index is -0.374. The van der Waals surface area contributed by atoms with Crippen LogP contribution in [0.4, 0.5) is 4.39 Å². The van der Waals surface area contributed by atoms with Gasteiger partial charge >= 0.3 is 0 Å². The van der Waals surface area contributed by atoms with Crippen molar-refractivity contribution in [1.82, 2.24) is 0 Å². The second-order valence-corrected chi connectivity index (χ2v) is 5.24. The normalized spacial score (nSPS) is 17.1. The SMILES string of the molecule is Cc1cc(F)ccc1COc1cccc2c1CCC2O. The number of hydrogen-bond acceptors (Lipinski definition) is 2. The van der Waals surface area contributed by atoms with E-state index in [9.17, 15) is 9.50 Å². The number of halogens is 1. The van der Waals surface area contributed by atoms with Gasteiger partial charge in [0.15, 0.2) is 0 Å². The third-order valence-corrected chi connectivity index (χ3v) is 3.88. The molecule has 20 heavy (non-hydrogen) atoms. The third-order valence-electron chi connectivity index (χ3n) is 3.88.